The highest BCUT2D eigenvalue weighted by atomic mass is 15.3. The molecule has 4 nitrogen and oxygen atoms in total. The maximum absolute atomic E-state index is 4.50. The molecule has 1 N–H and O–H groups in total. The second-order valence-electron chi connectivity index (χ2n) is 4.91. The predicted octanol–water partition coefficient (Wildman–Crippen LogP) is 3.08. The van der Waals surface area contributed by atoms with Crippen molar-refractivity contribution in [3.05, 3.63) is 59.8 Å². The van der Waals surface area contributed by atoms with E-state index in [9.17, 15) is 0 Å². The summed E-state index contributed by atoms with van der Waals surface area (Å²) in [5, 5.41) is 7.70. The number of fused-ring (bicyclic) bond motifs is 1. The highest BCUT2D eigenvalue weighted by molar-refractivity contribution is 5.49. The highest BCUT2D eigenvalue weighted by Crippen LogP contribution is 2.10. The quantitative estimate of drug-likeness (QED) is 0.722. The van der Waals surface area contributed by atoms with Gasteiger partial charge in [0.05, 0.1) is 0 Å². The number of nitrogens with one attached hydrogen (secondary N) is 1. The molecule has 0 spiro atoms. The van der Waals surface area contributed by atoms with Crippen molar-refractivity contribution in [1.82, 2.24) is 14.6 Å². The van der Waals surface area contributed by atoms with Crippen LogP contribution < -0.4 is 5.32 Å². The SMILES string of the molecule is Cc1cccn2nc(NCCCc3ccccc3)nc12. The van der Waals surface area contributed by atoms with Gasteiger partial charge in [-0.05, 0) is 37.0 Å². The molecule has 0 saturated carbocycles. The van der Waals surface area contributed by atoms with Gasteiger partial charge in [-0.15, -0.1) is 5.10 Å². The summed E-state index contributed by atoms with van der Waals surface area (Å²) in [6.45, 7) is 2.92. The van der Waals surface area contributed by atoms with Gasteiger partial charge in [-0.25, -0.2) is 4.52 Å². The van der Waals surface area contributed by atoms with Gasteiger partial charge < -0.3 is 5.32 Å². The zero-order chi connectivity index (χ0) is 13.8. The summed E-state index contributed by atoms with van der Waals surface area (Å²) < 4.78 is 1.81. The van der Waals surface area contributed by atoms with Gasteiger partial charge in [-0.3, -0.25) is 0 Å². The van der Waals surface area contributed by atoms with Gasteiger partial charge in [0.1, 0.15) is 0 Å². The number of pyridine rings is 1. The molecule has 0 aliphatic rings. The largest absolute Gasteiger partial charge is 0.353 e. The zero-order valence-electron chi connectivity index (χ0n) is 11.6. The number of aromatic nitrogens is 3. The van der Waals surface area contributed by atoms with Crippen molar-refractivity contribution in [2.45, 2.75) is 19.8 Å². The minimum Gasteiger partial charge on any atom is -0.353 e. The summed E-state index contributed by atoms with van der Waals surface area (Å²) in [6.07, 6.45) is 4.06. The Morgan fingerprint density at radius 3 is 2.75 bits per heavy atom. The van der Waals surface area contributed by atoms with E-state index in [2.05, 4.69) is 39.7 Å². The Morgan fingerprint density at radius 1 is 1.10 bits per heavy atom. The second kappa shape index (κ2) is 5.74. The number of nitrogens with zero attached hydrogens (tertiary/aromatic N) is 3. The number of benzene rings is 1. The fourth-order valence-electron chi connectivity index (χ4n) is 2.25. The van der Waals surface area contributed by atoms with Gasteiger partial charge in [-0.2, -0.15) is 4.98 Å². The first-order valence-corrected chi connectivity index (χ1v) is 6.93. The lowest BCUT2D eigenvalue weighted by Crippen LogP contribution is -2.04. The molecular formula is C16H18N4. The van der Waals surface area contributed by atoms with Crippen LogP contribution in [-0.2, 0) is 6.42 Å². The Labute approximate surface area is 118 Å². The first-order valence-electron chi connectivity index (χ1n) is 6.93. The molecule has 20 heavy (non-hydrogen) atoms. The third-order valence-corrected chi connectivity index (χ3v) is 3.33. The lowest BCUT2D eigenvalue weighted by molar-refractivity contribution is 0.849. The van der Waals surface area contributed by atoms with Crippen LogP contribution in [0.4, 0.5) is 5.95 Å². The number of anilines is 1. The summed E-state index contributed by atoms with van der Waals surface area (Å²) in [6, 6.07) is 14.5. The molecule has 1 aromatic carbocycles. The first kappa shape index (κ1) is 12.7. The van der Waals surface area contributed by atoms with Gasteiger partial charge >= 0.3 is 0 Å². The van der Waals surface area contributed by atoms with Crippen LogP contribution in [0, 0.1) is 6.92 Å². The van der Waals surface area contributed by atoms with E-state index >= 15 is 0 Å². The van der Waals surface area contributed by atoms with Gasteiger partial charge in [0, 0.05) is 12.7 Å². The standard InChI is InChI=1S/C16H18N4/c1-13-7-6-12-20-15(13)18-16(19-20)17-11-5-10-14-8-3-2-4-9-14/h2-4,6-9,12H,5,10-11H2,1H3,(H,17,19). The van der Waals surface area contributed by atoms with Crippen LogP contribution in [0.2, 0.25) is 0 Å². The molecule has 3 aromatic rings. The van der Waals surface area contributed by atoms with Crippen LogP contribution in [0.1, 0.15) is 17.5 Å². The van der Waals surface area contributed by atoms with E-state index in [1.807, 2.05) is 35.8 Å². The lowest BCUT2D eigenvalue weighted by atomic mass is 10.1. The zero-order valence-corrected chi connectivity index (χ0v) is 11.6. The van der Waals surface area contributed by atoms with E-state index in [-0.39, 0.29) is 0 Å². The van der Waals surface area contributed by atoms with E-state index < -0.39 is 0 Å². The molecule has 0 aliphatic carbocycles. The highest BCUT2D eigenvalue weighted by Gasteiger charge is 2.04. The smallest absolute Gasteiger partial charge is 0.243 e. The second-order valence-corrected chi connectivity index (χ2v) is 4.91. The summed E-state index contributed by atoms with van der Waals surface area (Å²) in [7, 11) is 0. The molecule has 3 rings (SSSR count). The Kier molecular flexibility index (Phi) is 3.63. The molecule has 2 aromatic heterocycles. The first-order chi connectivity index (χ1) is 9.83. The van der Waals surface area contributed by atoms with Crippen molar-refractivity contribution in [2.75, 3.05) is 11.9 Å². The molecule has 102 valence electrons. The average Bonchev–Trinajstić information content (AvgIpc) is 2.89. The minimum atomic E-state index is 0.701. The summed E-state index contributed by atoms with van der Waals surface area (Å²) in [4.78, 5) is 4.50. The van der Waals surface area contributed by atoms with Gasteiger partial charge in [-0.1, -0.05) is 36.4 Å². The fraction of sp³-hybridized carbons (Fsp3) is 0.250. The van der Waals surface area contributed by atoms with E-state index in [4.69, 9.17) is 0 Å². The van der Waals surface area contributed by atoms with E-state index in [0.717, 1.165) is 30.6 Å². The van der Waals surface area contributed by atoms with Crippen molar-refractivity contribution in [1.29, 1.82) is 0 Å². The molecule has 4 heteroatoms. The third kappa shape index (κ3) is 2.79. The molecule has 0 unspecified atom stereocenters. The molecule has 0 fully saturated rings. The predicted molar refractivity (Wildman–Crippen MR) is 81.0 cm³/mol. The minimum absolute atomic E-state index is 0.701. The number of aryl methyl sites for hydroxylation is 2. The van der Waals surface area contributed by atoms with Crippen LogP contribution in [0.5, 0.6) is 0 Å². The van der Waals surface area contributed by atoms with Gasteiger partial charge in [0.2, 0.25) is 5.95 Å². The normalized spacial score (nSPS) is 10.8. The Bertz CT molecular complexity index is 688. The molecule has 0 amide bonds. The van der Waals surface area contributed by atoms with Crippen LogP contribution in [-0.4, -0.2) is 21.1 Å². The van der Waals surface area contributed by atoms with Gasteiger partial charge in [0.25, 0.3) is 0 Å². The summed E-state index contributed by atoms with van der Waals surface area (Å²) in [5.74, 6) is 0.701. The number of hydrogen-bond acceptors (Lipinski definition) is 3. The van der Waals surface area contributed by atoms with E-state index in [0.29, 0.717) is 5.95 Å². The Balaban J connectivity index is 1.56. The van der Waals surface area contributed by atoms with Crippen LogP contribution in [0.25, 0.3) is 5.65 Å². The number of hydrogen-bond donors (Lipinski definition) is 1. The molecule has 0 atom stereocenters. The van der Waals surface area contributed by atoms with Crippen LogP contribution in [0.15, 0.2) is 48.7 Å². The van der Waals surface area contributed by atoms with E-state index in [1.165, 1.54) is 5.56 Å². The molecule has 0 saturated heterocycles. The molecular weight excluding hydrogens is 248 g/mol. The average molecular weight is 266 g/mol. The molecule has 2 heterocycles. The van der Waals surface area contributed by atoms with Crippen molar-refractivity contribution in [3.63, 3.8) is 0 Å². The maximum Gasteiger partial charge on any atom is 0.243 e. The summed E-state index contributed by atoms with van der Waals surface area (Å²) >= 11 is 0. The number of rotatable bonds is 5. The summed E-state index contributed by atoms with van der Waals surface area (Å²) in [5.41, 5.74) is 3.42. The van der Waals surface area contributed by atoms with Crippen molar-refractivity contribution in [2.24, 2.45) is 0 Å². The van der Waals surface area contributed by atoms with Crippen LogP contribution in [0.3, 0.4) is 0 Å². The fourth-order valence-corrected chi connectivity index (χ4v) is 2.25. The Morgan fingerprint density at radius 2 is 1.95 bits per heavy atom. The van der Waals surface area contributed by atoms with Crippen molar-refractivity contribution < 1.29 is 0 Å². The lowest BCUT2D eigenvalue weighted by Gasteiger charge is -2.02. The third-order valence-electron chi connectivity index (χ3n) is 3.33. The Hall–Kier alpha value is -2.36. The molecule has 0 bridgehead atoms. The van der Waals surface area contributed by atoms with Gasteiger partial charge in [0.15, 0.2) is 5.65 Å². The van der Waals surface area contributed by atoms with Crippen molar-refractivity contribution in [3.8, 4) is 0 Å². The monoisotopic (exact) mass is 266 g/mol. The maximum atomic E-state index is 4.50. The van der Waals surface area contributed by atoms with Crippen molar-refractivity contribution >= 4 is 11.6 Å². The van der Waals surface area contributed by atoms with E-state index in [1.54, 1.807) is 0 Å². The molecule has 0 aliphatic heterocycles. The van der Waals surface area contributed by atoms with Crippen LogP contribution >= 0.6 is 0 Å². The topological polar surface area (TPSA) is 42.2 Å². The molecule has 0 radical (unpaired) electrons.